The number of phenolic OH excluding ortho intramolecular Hbond substituents is 1. The van der Waals surface area contributed by atoms with E-state index in [2.05, 4.69) is 34.5 Å². The molecule has 0 atom stereocenters. The van der Waals surface area contributed by atoms with E-state index in [9.17, 15) is 9.90 Å². The van der Waals surface area contributed by atoms with Gasteiger partial charge in [0, 0.05) is 24.3 Å². The second-order valence-electron chi connectivity index (χ2n) is 6.51. The Morgan fingerprint density at radius 2 is 1.76 bits per heavy atom. The Labute approximate surface area is 148 Å². The molecule has 0 spiro atoms. The van der Waals surface area contributed by atoms with Gasteiger partial charge in [-0.15, -0.1) is 0 Å². The highest BCUT2D eigenvalue weighted by Gasteiger charge is 2.15. The monoisotopic (exact) mass is 337 g/mol. The molecule has 1 fully saturated rings. The van der Waals surface area contributed by atoms with Crippen LogP contribution in [0, 0.1) is 5.92 Å². The molecule has 0 aliphatic carbocycles. The van der Waals surface area contributed by atoms with Crippen LogP contribution >= 0.6 is 0 Å². The van der Waals surface area contributed by atoms with Crippen LogP contribution in [-0.2, 0) is 0 Å². The fraction of sp³-hybridized carbons (Fsp3) is 0.300. The Kier molecular flexibility index (Phi) is 5.33. The molecule has 5 nitrogen and oxygen atoms in total. The van der Waals surface area contributed by atoms with E-state index >= 15 is 0 Å². The van der Waals surface area contributed by atoms with Gasteiger partial charge in [-0.25, -0.2) is 5.43 Å². The van der Waals surface area contributed by atoms with Gasteiger partial charge in [-0.3, -0.25) is 4.79 Å². The van der Waals surface area contributed by atoms with Gasteiger partial charge in [0.1, 0.15) is 5.75 Å². The van der Waals surface area contributed by atoms with Gasteiger partial charge >= 0.3 is 0 Å². The summed E-state index contributed by atoms with van der Waals surface area (Å²) in [5.74, 6) is 0.637. The molecular formula is C20H23N3O2. The first kappa shape index (κ1) is 17.0. The van der Waals surface area contributed by atoms with Gasteiger partial charge in [-0.1, -0.05) is 19.1 Å². The average Bonchev–Trinajstić information content (AvgIpc) is 2.63. The van der Waals surface area contributed by atoms with Crippen molar-refractivity contribution in [2.45, 2.75) is 19.8 Å². The quantitative estimate of drug-likeness (QED) is 0.664. The molecule has 2 N–H and O–H groups in total. The zero-order valence-electron chi connectivity index (χ0n) is 14.4. The number of nitrogens with zero attached hydrogens (tertiary/aromatic N) is 2. The molecule has 2 aromatic carbocycles. The van der Waals surface area contributed by atoms with Crippen molar-refractivity contribution in [3.8, 4) is 5.75 Å². The summed E-state index contributed by atoms with van der Waals surface area (Å²) in [7, 11) is 0. The van der Waals surface area contributed by atoms with Gasteiger partial charge in [0.15, 0.2) is 0 Å². The minimum absolute atomic E-state index is 0.128. The van der Waals surface area contributed by atoms with Crippen LogP contribution in [0.5, 0.6) is 5.75 Å². The van der Waals surface area contributed by atoms with E-state index in [1.54, 1.807) is 18.3 Å². The number of nitrogens with one attached hydrogen (secondary N) is 1. The van der Waals surface area contributed by atoms with E-state index < -0.39 is 0 Å². The highest BCUT2D eigenvalue weighted by atomic mass is 16.3. The maximum atomic E-state index is 11.9. The van der Waals surface area contributed by atoms with Crippen molar-refractivity contribution in [3.63, 3.8) is 0 Å². The molecule has 0 radical (unpaired) electrons. The normalized spacial score (nSPS) is 15.5. The summed E-state index contributed by atoms with van der Waals surface area (Å²) in [6, 6.07) is 14.2. The summed E-state index contributed by atoms with van der Waals surface area (Å²) in [6.45, 7) is 4.53. The first-order valence-electron chi connectivity index (χ1n) is 8.59. The minimum Gasteiger partial charge on any atom is -0.508 e. The number of anilines is 1. The lowest BCUT2D eigenvalue weighted by Crippen LogP contribution is -2.32. The average molecular weight is 337 g/mol. The maximum Gasteiger partial charge on any atom is 0.271 e. The summed E-state index contributed by atoms with van der Waals surface area (Å²) in [5, 5.41) is 13.2. The summed E-state index contributed by atoms with van der Waals surface area (Å²) >= 11 is 0. The van der Waals surface area contributed by atoms with Gasteiger partial charge in [0.25, 0.3) is 5.91 Å². The molecular weight excluding hydrogens is 314 g/mol. The lowest BCUT2D eigenvalue weighted by Gasteiger charge is -2.32. The number of hydrogen-bond acceptors (Lipinski definition) is 4. The van der Waals surface area contributed by atoms with E-state index in [-0.39, 0.29) is 11.7 Å². The van der Waals surface area contributed by atoms with Crippen molar-refractivity contribution in [2.75, 3.05) is 18.0 Å². The fourth-order valence-corrected chi connectivity index (χ4v) is 2.88. The molecule has 0 bridgehead atoms. The summed E-state index contributed by atoms with van der Waals surface area (Å²) in [6.07, 6.45) is 4.11. The number of piperidine rings is 1. The Hall–Kier alpha value is -2.82. The number of benzene rings is 2. The third-order valence-corrected chi connectivity index (χ3v) is 4.55. The van der Waals surface area contributed by atoms with E-state index in [1.807, 2.05) is 12.1 Å². The first-order valence-corrected chi connectivity index (χ1v) is 8.59. The van der Waals surface area contributed by atoms with Gasteiger partial charge in [-0.05, 0) is 60.7 Å². The Morgan fingerprint density at radius 3 is 2.40 bits per heavy atom. The SMILES string of the molecule is CC1CCN(c2ccc(/C=N/NC(=O)c3ccc(O)cc3)cc2)CC1. The molecule has 0 aromatic heterocycles. The molecule has 1 heterocycles. The molecule has 2 aromatic rings. The maximum absolute atomic E-state index is 11.9. The lowest BCUT2D eigenvalue weighted by atomic mass is 9.99. The van der Waals surface area contributed by atoms with Crippen LogP contribution in [-0.4, -0.2) is 30.3 Å². The first-order chi connectivity index (χ1) is 12.1. The zero-order valence-corrected chi connectivity index (χ0v) is 14.4. The van der Waals surface area contributed by atoms with Crippen molar-refractivity contribution in [2.24, 2.45) is 11.0 Å². The molecule has 0 saturated carbocycles. The predicted molar refractivity (Wildman–Crippen MR) is 100 cm³/mol. The molecule has 130 valence electrons. The van der Waals surface area contributed by atoms with Crippen molar-refractivity contribution >= 4 is 17.8 Å². The molecule has 1 saturated heterocycles. The molecule has 1 aliphatic rings. The largest absolute Gasteiger partial charge is 0.508 e. The van der Waals surface area contributed by atoms with Gasteiger partial charge in [-0.2, -0.15) is 5.10 Å². The van der Waals surface area contributed by atoms with Crippen LogP contribution in [0.1, 0.15) is 35.7 Å². The summed E-state index contributed by atoms with van der Waals surface area (Å²) in [5.41, 5.74) is 5.10. The number of carbonyl (C=O) groups is 1. The zero-order chi connectivity index (χ0) is 17.6. The van der Waals surface area contributed by atoms with Crippen molar-refractivity contribution in [3.05, 3.63) is 59.7 Å². The van der Waals surface area contributed by atoms with Gasteiger partial charge in [0.05, 0.1) is 6.21 Å². The summed E-state index contributed by atoms with van der Waals surface area (Å²) < 4.78 is 0. The van der Waals surface area contributed by atoms with Crippen molar-refractivity contribution in [1.82, 2.24) is 5.43 Å². The topological polar surface area (TPSA) is 64.9 Å². The Bertz CT molecular complexity index is 731. The highest BCUT2D eigenvalue weighted by molar-refractivity contribution is 5.95. The standard InChI is InChI=1S/C20H23N3O2/c1-15-10-12-23(13-11-15)18-6-2-16(3-7-18)14-21-22-20(25)17-4-8-19(24)9-5-17/h2-9,14-15,24H,10-13H2,1H3,(H,22,25)/b21-14+. The lowest BCUT2D eigenvalue weighted by molar-refractivity contribution is 0.0955. The van der Waals surface area contributed by atoms with Gasteiger partial charge < -0.3 is 10.0 Å². The van der Waals surface area contributed by atoms with Crippen molar-refractivity contribution < 1.29 is 9.90 Å². The minimum atomic E-state index is -0.310. The fourth-order valence-electron chi connectivity index (χ4n) is 2.88. The van der Waals surface area contributed by atoms with E-state index in [0.29, 0.717) is 5.56 Å². The van der Waals surface area contributed by atoms with Crippen molar-refractivity contribution in [1.29, 1.82) is 0 Å². The Morgan fingerprint density at radius 1 is 1.12 bits per heavy atom. The van der Waals surface area contributed by atoms with E-state index in [4.69, 9.17) is 0 Å². The number of amides is 1. The molecule has 0 unspecified atom stereocenters. The number of carbonyl (C=O) groups excluding carboxylic acids is 1. The number of phenols is 1. The Balaban J connectivity index is 1.55. The molecule has 5 heteroatoms. The summed E-state index contributed by atoms with van der Waals surface area (Å²) in [4.78, 5) is 14.3. The molecule has 3 rings (SSSR count). The second kappa shape index (κ2) is 7.83. The third kappa shape index (κ3) is 4.59. The van der Waals surface area contributed by atoms with Crippen LogP contribution in [0.4, 0.5) is 5.69 Å². The highest BCUT2D eigenvalue weighted by Crippen LogP contribution is 2.22. The molecule has 1 aliphatic heterocycles. The third-order valence-electron chi connectivity index (χ3n) is 4.55. The number of aromatic hydroxyl groups is 1. The predicted octanol–water partition coefficient (Wildman–Crippen LogP) is 3.39. The van der Waals surface area contributed by atoms with Crippen LogP contribution in [0.15, 0.2) is 53.6 Å². The smallest absolute Gasteiger partial charge is 0.271 e. The number of hydrazone groups is 1. The van der Waals surface area contributed by atoms with E-state index in [0.717, 1.165) is 24.6 Å². The van der Waals surface area contributed by atoms with Gasteiger partial charge in [0.2, 0.25) is 0 Å². The van der Waals surface area contributed by atoms with E-state index in [1.165, 1.54) is 30.7 Å². The number of rotatable bonds is 4. The number of hydrogen-bond donors (Lipinski definition) is 2. The molecule has 25 heavy (non-hydrogen) atoms. The van der Waals surface area contributed by atoms with Crippen LogP contribution in [0.2, 0.25) is 0 Å². The van der Waals surface area contributed by atoms with Crippen LogP contribution in [0.25, 0.3) is 0 Å². The van der Waals surface area contributed by atoms with Crippen LogP contribution in [0.3, 0.4) is 0 Å². The second-order valence-corrected chi connectivity index (χ2v) is 6.51. The van der Waals surface area contributed by atoms with Crippen LogP contribution < -0.4 is 10.3 Å². The molecule has 1 amide bonds.